The second-order valence-corrected chi connectivity index (χ2v) is 23.6. The average Bonchev–Trinajstić information content (AvgIpc) is 1.60. The zero-order valence-electron chi connectivity index (χ0n) is 55.7. The number of para-hydroxylation sites is 2. The normalized spacial score (nSPS) is 16.1. The lowest BCUT2D eigenvalue weighted by Crippen LogP contribution is -2.18. The van der Waals surface area contributed by atoms with Gasteiger partial charge >= 0.3 is 0 Å². The summed E-state index contributed by atoms with van der Waals surface area (Å²) in [6.07, 6.45) is -0.0695. The van der Waals surface area contributed by atoms with Gasteiger partial charge in [0.05, 0.1) is 27.8 Å². The number of aromatic nitrogens is 3. The van der Waals surface area contributed by atoms with Gasteiger partial charge in [0, 0.05) is 66.2 Å². The summed E-state index contributed by atoms with van der Waals surface area (Å²) < 4.78 is 112. The van der Waals surface area contributed by atoms with Crippen LogP contribution >= 0.6 is 0 Å². The Kier molecular flexibility index (Phi) is 8.88. The molecule has 0 saturated carbocycles. The predicted molar refractivity (Wildman–Crippen MR) is 324 cm³/mol. The van der Waals surface area contributed by atoms with Crippen LogP contribution in [0, 0.1) is 5.41 Å². The molecule has 0 spiro atoms. The number of fused-ring (bicyclic) bond motifs is 10. The van der Waals surface area contributed by atoms with Gasteiger partial charge in [-0.05, 0) is 120 Å². The Bertz CT molecular complexity index is 4620. The van der Waals surface area contributed by atoms with E-state index in [0.29, 0.717) is 56.2 Å². The molecule has 0 saturated heterocycles. The maximum Gasteiger partial charge on any atom is 0.137 e. The molecule has 8 aromatic carbocycles. The standard InChI is InChI=1S/C71H70N4O/c1-68(2,3)43-45-31-33-61-57-26-16-14-24-55(57)54-23-13-15-25-56(54)60-29-20-28-53(46-37-48(70(7,8)9)39-49(38-46)71(10,11)12)66(60)74-44-73(65(45)67(61)74)50-21-19-22-51(41-50)76-52-32-34-59-58-27-17-18-30-62(58)75(63(59)42-52)64-40-47(35-36-72-64)69(4,5)6/h13-42H,43-44H2,1-12H3/i7D3,8D3,9D3,43D2. The lowest BCUT2D eigenvalue weighted by Gasteiger charge is -2.27. The molecule has 0 atom stereocenters. The van der Waals surface area contributed by atoms with E-state index in [1.165, 1.54) is 12.1 Å². The van der Waals surface area contributed by atoms with Crippen LogP contribution in [-0.4, -0.2) is 14.1 Å². The molecule has 76 heavy (non-hydrogen) atoms. The minimum atomic E-state index is -3.52. The Morgan fingerprint density at radius 2 is 1.08 bits per heavy atom. The zero-order chi connectivity index (χ0) is 62.3. The van der Waals surface area contributed by atoms with E-state index in [2.05, 4.69) is 89.4 Å². The first-order chi connectivity index (χ1) is 40.7. The number of pyridine rings is 1. The van der Waals surface area contributed by atoms with E-state index in [1.807, 2.05) is 157 Å². The Morgan fingerprint density at radius 1 is 0.500 bits per heavy atom. The van der Waals surface area contributed by atoms with E-state index in [1.54, 1.807) is 0 Å². The smallest absolute Gasteiger partial charge is 0.137 e. The van der Waals surface area contributed by atoms with E-state index in [4.69, 9.17) is 22.1 Å². The largest absolute Gasteiger partial charge is 0.457 e. The van der Waals surface area contributed by atoms with Crippen LogP contribution in [0.5, 0.6) is 11.5 Å². The number of benzene rings is 8. The summed E-state index contributed by atoms with van der Waals surface area (Å²) in [7, 11) is 0. The van der Waals surface area contributed by atoms with E-state index in [-0.39, 0.29) is 17.6 Å². The van der Waals surface area contributed by atoms with Crippen LogP contribution in [-0.2, 0) is 29.3 Å². The fourth-order valence-corrected chi connectivity index (χ4v) is 11.3. The van der Waals surface area contributed by atoms with Gasteiger partial charge in [-0.25, -0.2) is 4.98 Å². The van der Waals surface area contributed by atoms with Gasteiger partial charge in [-0.1, -0.05) is 204 Å². The SMILES string of the molecule is [2H]C([2H])([2H])C(c1cc(-c2cccc3c4ccccc4c4ccccc4c4ccc(C([2H])([2H])C(C)(C)C)c5c4n(c23)CN5c2cccc(Oc3ccc4c5ccccc5n(-c5cc(C(C)(C)C)ccn5)c4c3)c2)cc(C(C)(C)C)c1)(C([2H])([2H])[2H])C([2H])([2H])[2H]. The highest BCUT2D eigenvalue weighted by Crippen LogP contribution is 2.48. The first-order valence-corrected chi connectivity index (χ1v) is 26.2. The third-order valence-corrected chi connectivity index (χ3v) is 14.9. The van der Waals surface area contributed by atoms with Crippen molar-refractivity contribution in [1.29, 1.82) is 0 Å². The van der Waals surface area contributed by atoms with Crippen LogP contribution < -0.4 is 9.64 Å². The van der Waals surface area contributed by atoms with Crippen molar-refractivity contribution in [2.24, 2.45) is 5.41 Å². The van der Waals surface area contributed by atoms with Crippen LogP contribution in [0.3, 0.4) is 0 Å². The molecule has 0 N–H and O–H groups in total. The molecule has 0 amide bonds. The van der Waals surface area contributed by atoms with Crippen molar-refractivity contribution < 1.29 is 19.8 Å². The van der Waals surface area contributed by atoms with Crippen molar-refractivity contribution in [3.05, 3.63) is 204 Å². The summed E-state index contributed by atoms with van der Waals surface area (Å²) in [5, 5.41) is 7.39. The Hall–Kier alpha value is -7.89. The summed E-state index contributed by atoms with van der Waals surface area (Å²) in [5.74, 6) is 1.93. The van der Waals surface area contributed by atoms with Crippen LogP contribution in [0.4, 0.5) is 11.4 Å². The van der Waals surface area contributed by atoms with Gasteiger partial charge in [-0.15, -0.1) is 0 Å². The molecule has 0 fully saturated rings. The van der Waals surface area contributed by atoms with Crippen LogP contribution in [0.25, 0.3) is 82.1 Å². The predicted octanol–water partition coefficient (Wildman–Crippen LogP) is 19.8. The van der Waals surface area contributed by atoms with Crippen molar-refractivity contribution in [3.63, 3.8) is 0 Å². The van der Waals surface area contributed by atoms with Gasteiger partial charge in [0.15, 0.2) is 0 Å². The quantitative estimate of drug-likeness (QED) is 0.166. The van der Waals surface area contributed by atoms with Crippen LogP contribution in [0.1, 0.15) is 120 Å². The van der Waals surface area contributed by atoms with E-state index in [0.717, 1.165) is 65.5 Å². The molecular formula is C71H70N4O. The molecule has 1 aliphatic rings. The number of rotatable bonds is 6. The topological polar surface area (TPSA) is 35.2 Å². The molecular weight excluding hydrogens is 925 g/mol. The molecule has 0 bridgehead atoms. The van der Waals surface area contributed by atoms with Gasteiger partial charge < -0.3 is 14.2 Å². The third kappa shape index (κ3) is 8.64. The summed E-state index contributed by atoms with van der Waals surface area (Å²) in [5.41, 5.74) is 2.39. The van der Waals surface area contributed by atoms with Crippen molar-refractivity contribution in [2.75, 3.05) is 4.90 Å². The minimum Gasteiger partial charge on any atom is -0.457 e. The highest BCUT2D eigenvalue weighted by atomic mass is 16.5. The summed E-state index contributed by atoms with van der Waals surface area (Å²) in [6, 6.07) is 57.5. The molecule has 1 aliphatic heterocycles. The highest BCUT2D eigenvalue weighted by molar-refractivity contribution is 6.22. The number of ether oxygens (including phenoxy) is 1. The zero-order valence-corrected chi connectivity index (χ0v) is 44.7. The van der Waals surface area contributed by atoms with Gasteiger partial charge in [0.2, 0.25) is 0 Å². The van der Waals surface area contributed by atoms with Crippen molar-refractivity contribution >= 4 is 76.5 Å². The molecule has 5 nitrogen and oxygen atoms in total. The fourth-order valence-electron chi connectivity index (χ4n) is 11.3. The van der Waals surface area contributed by atoms with Crippen LogP contribution in [0.2, 0.25) is 0 Å². The second kappa shape index (κ2) is 17.9. The fraction of sp³-hybridized carbons (Fsp3) is 0.254. The van der Waals surface area contributed by atoms with E-state index >= 15 is 0 Å². The first kappa shape index (κ1) is 37.8. The number of anilines is 2. The highest BCUT2D eigenvalue weighted by Gasteiger charge is 2.31. The van der Waals surface area contributed by atoms with Crippen molar-refractivity contribution in [1.82, 2.24) is 14.1 Å². The molecule has 5 heteroatoms. The number of nitrogens with zero attached hydrogens (tertiary/aromatic N) is 4. The minimum absolute atomic E-state index is 0.109. The maximum absolute atomic E-state index is 10.2. The molecule has 4 heterocycles. The molecule has 0 radical (unpaired) electrons. The van der Waals surface area contributed by atoms with Gasteiger partial charge in [0.1, 0.15) is 24.0 Å². The number of hydrogen-bond acceptors (Lipinski definition) is 3. The van der Waals surface area contributed by atoms with Gasteiger partial charge in [-0.3, -0.25) is 4.57 Å². The Labute approximate surface area is 464 Å². The maximum atomic E-state index is 10.2. The monoisotopic (exact) mass is 1010 g/mol. The molecule has 0 aliphatic carbocycles. The molecule has 0 unspecified atom stereocenters. The molecule has 3 aromatic heterocycles. The molecule has 380 valence electrons. The molecule has 11 aromatic rings. The average molecular weight is 1010 g/mol. The van der Waals surface area contributed by atoms with E-state index < -0.39 is 43.2 Å². The van der Waals surface area contributed by atoms with Gasteiger partial charge in [-0.2, -0.15) is 0 Å². The lowest BCUT2D eigenvalue weighted by atomic mass is 9.78. The van der Waals surface area contributed by atoms with Crippen LogP contribution in [0.15, 0.2) is 182 Å². The Morgan fingerprint density at radius 3 is 1.75 bits per heavy atom. The van der Waals surface area contributed by atoms with Gasteiger partial charge in [0.25, 0.3) is 0 Å². The third-order valence-electron chi connectivity index (χ3n) is 14.9. The Balaban J connectivity index is 1.16. The van der Waals surface area contributed by atoms with Crippen molar-refractivity contribution in [3.8, 4) is 28.4 Å². The van der Waals surface area contributed by atoms with E-state index in [9.17, 15) is 2.74 Å². The first-order valence-electron chi connectivity index (χ1n) is 31.7. The summed E-state index contributed by atoms with van der Waals surface area (Å²) >= 11 is 0. The lowest BCUT2D eigenvalue weighted by molar-refractivity contribution is 0.411. The second-order valence-electron chi connectivity index (χ2n) is 23.6. The van der Waals surface area contributed by atoms with Crippen molar-refractivity contribution in [2.45, 2.75) is 112 Å². The summed E-state index contributed by atoms with van der Waals surface area (Å²) in [4.78, 5) is 7.04. The molecule has 12 rings (SSSR count). The summed E-state index contributed by atoms with van der Waals surface area (Å²) in [6.45, 7) is 7.64. The number of hydrogen-bond donors (Lipinski definition) is 0.